The molecule has 1 N–H and O–H groups in total. The Hall–Kier alpha value is -1.79. The van der Waals surface area contributed by atoms with Crippen LogP contribution in [0.3, 0.4) is 0 Å². The summed E-state index contributed by atoms with van der Waals surface area (Å²) in [5.41, 5.74) is -0.630. The quantitative estimate of drug-likeness (QED) is 0.788. The van der Waals surface area contributed by atoms with Gasteiger partial charge in [-0.15, -0.1) is 0 Å². The van der Waals surface area contributed by atoms with Gasteiger partial charge in [0.1, 0.15) is 17.7 Å². The third-order valence-electron chi connectivity index (χ3n) is 3.11. The summed E-state index contributed by atoms with van der Waals surface area (Å²) in [7, 11) is 1.30. The smallest absolute Gasteiger partial charge is 0.408 e. The van der Waals surface area contributed by atoms with Crippen LogP contribution in [-0.4, -0.2) is 54.2 Å². The van der Waals surface area contributed by atoms with Crippen LogP contribution in [0, 0.1) is 0 Å². The van der Waals surface area contributed by atoms with Crippen molar-refractivity contribution in [3.05, 3.63) is 0 Å². The maximum atomic E-state index is 12.3. The fourth-order valence-corrected chi connectivity index (χ4v) is 2.21. The number of nitrogens with zero attached hydrogens (tertiary/aromatic N) is 1. The first kappa shape index (κ1) is 17.3. The van der Waals surface area contributed by atoms with Gasteiger partial charge >= 0.3 is 12.1 Å². The number of carbonyl (C=O) groups excluding carboxylic acids is 3. The van der Waals surface area contributed by atoms with Crippen molar-refractivity contribution in [2.45, 2.75) is 58.2 Å². The summed E-state index contributed by atoms with van der Waals surface area (Å²) < 4.78 is 9.80. The first-order valence-electron chi connectivity index (χ1n) is 7.03. The van der Waals surface area contributed by atoms with Crippen LogP contribution in [0.2, 0.25) is 0 Å². The van der Waals surface area contributed by atoms with Crippen LogP contribution in [0.5, 0.6) is 0 Å². The van der Waals surface area contributed by atoms with Gasteiger partial charge in [-0.25, -0.2) is 9.59 Å². The van der Waals surface area contributed by atoms with Crippen molar-refractivity contribution < 1.29 is 23.9 Å². The number of methoxy groups -OCH3 is 1. The van der Waals surface area contributed by atoms with E-state index in [2.05, 4.69) is 5.32 Å². The molecule has 1 saturated heterocycles. The molecule has 120 valence electrons. The van der Waals surface area contributed by atoms with E-state index >= 15 is 0 Å². The van der Waals surface area contributed by atoms with E-state index in [1.54, 1.807) is 27.7 Å². The van der Waals surface area contributed by atoms with Gasteiger partial charge in [-0.2, -0.15) is 0 Å². The van der Waals surface area contributed by atoms with Gasteiger partial charge in [-0.3, -0.25) is 4.79 Å². The van der Waals surface area contributed by atoms with Crippen molar-refractivity contribution in [3.63, 3.8) is 0 Å². The zero-order valence-corrected chi connectivity index (χ0v) is 13.3. The van der Waals surface area contributed by atoms with Crippen LogP contribution < -0.4 is 5.32 Å². The summed E-state index contributed by atoms with van der Waals surface area (Å²) in [5, 5.41) is 2.49. The van der Waals surface area contributed by atoms with Crippen molar-refractivity contribution >= 4 is 18.0 Å². The average Bonchev–Trinajstić information content (AvgIpc) is 2.83. The normalized spacial score (nSPS) is 19.9. The number of hydrogen-bond acceptors (Lipinski definition) is 5. The minimum Gasteiger partial charge on any atom is -0.467 e. The molecule has 2 atom stereocenters. The second-order valence-corrected chi connectivity index (χ2v) is 6.08. The number of esters is 1. The average molecular weight is 300 g/mol. The zero-order chi connectivity index (χ0) is 16.2. The summed E-state index contributed by atoms with van der Waals surface area (Å²) in [6, 6.07) is -1.32. The SMILES string of the molecule is COC(=O)[C@@H]1CCCN1C(=O)[C@@H](C)NC(=O)OC(C)(C)C. The molecule has 7 nitrogen and oxygen atoms in total. The zero-order valence-electron chi connectivity index (χ0n) is 13.3. The van der Waals surface area contributed by atoms with E-state index in [1.165, 1.54) is 12.0 Å². The molecular weight excluding hydrogens is 276 g/mol. The van der Waals surface area contributed by atoms with Crippen LogP contribution in [0.4, 0.5) is 4.79 Å². The molecule has 1 heterocycles. The molecule has 0 radical (unpaired) electrons. The fourth-order valence-electron chi connectivity index (χ4n) is 2.21. The lowest BCUT2D eigenvalue weighted by Crippen LogP contribution is -2.51. The minimum atomic E-state index is -0.759. The number of alkyl carbamates (subject to hydrolysis) is 1. The highest BCUT2D eigenvalue weighted by atomic mass is 16.6. The second kappa shape index (κ2) is 6.78. The maximum absolute atomic E-state index is 12.3. The Morgan fingerprint density at radius 1 is 1.29 bits per heavy atom. The van der Waals surface area contributed by atoms with Gasteiger partial charge in [0.25, 0.3) is 0 Å². The predicted octanol–water partition coefficient (Wildman–Crippen LogP) is 1.06. The number of amides is 2. The van der Waals surface area contributed by atoms with Crippen LogP contribution >= 0.6 is 0 Å². The lowest BCUT2D eigenvalue weighted by molar-refractivity contribution is -0.151. The van der Waals surface area contributed by atoms with Gasteiger partial charge in [0.05, 0.1) is 7.11 Å². The first-order chi connectivity index (χ1) is 9.65. The molecule has 0 aromatic heterocycles. The van der Waals surface area contributed by atoms with Gasteiger partial charge in [0.15, 0.2) is 0 Å². The molecule has 0 saturated carbocycles. The molecular formula is C14H24N2O5. The number of carbonyl (C=O) groups is 3. The van der Waals surface area contributed by atoms with E-state index < -0.39 is 29.7 Å². The summed E-state index contributed by atoms with van der Waals surface area (Å²) in [4.78, 5) is 37.1. The number of hydrogen-bond donors (Lipinski definition) is 1. The van der Waals surface area contributed by atoms with Gasteiger partial charge in [-0.05, 0) is 40.5 Å². The molecule has 0 bridgehead atoms. The third kappa shape index (κ3) is 4.91. The Morgan fingerprint density at radius 2 is 1.90 bits per heavy atom. The van der Waals surface area contributed by atoms with E-state index in [-0.39, 0.29) is 5.91 Å². The maximum Gasteiger partial charge on any atom is 0.408 e. The number of likely N-dealkylation sites (tertiary alicyclic amines) is 1. The molecule has 1 rings (SSSR count). The molecule has 21 heavy (non-hydrogen) atoms. The molecule has 0 aliphatic carbocycles. The van der Waals surface area contributed by atoms with Crippen LogP contribution in [0.25, 0.3) is 0 Å². The Bertz CT molecular complexity index is 416. The highest BCUT2D eigenvalue weighted by Gasteiger charge is 2.37. The molecule has 1 aliphatic heterocycles. The van der Waals surface area contributed by atoms with E-state index in [9.17, 15) is 14.4 Å². The first-order valence-corrected chi connectivity index (χ1v) is 7.03. The van der Waals surface area contributed by atoms with Crippen molar-refractivity contribution in [3.8, 4) is 0 Å². The van der Waals surface area contributed by atoms with Crippen LogP contribution in [-0.2, 0) is 19.1 Å². The third-order valence-corrected chi connectivity index (χ3v) is 3.11. The van der Waals surface area contributed by atoms with Crippen LogP contribution in [0.1, 0.15) is 40.5 Å². The van der Waals surface area contributed by atoms with Gasteiger partial charge in [-0.1, -0.05) is 0 Å². The fraction of sp³-hybridized carbons (Fsp3) is 0.786. The molecule has 7 heteroatoms. The Kier molecular flexibility index (Phi) is 5.57. The van der Waals surface area contributed by atoms with Gasteiger partial charge in [0.2, 0.25) is 5.91 Å². The Morgan fingerprint density at radius 3 is 2.43 bits per heavy atom. The molecule has 0 aromatic rings. The molecule has 0 spiro atoms. The molecule has 0 unspecified atom stereocenters. The molecule has 1 fully saturated rings. The van der Waals surface area contributed by atoms with Gasteiger partial charge < -0.3 is 19.7 Å². The minimum absolute atomic E-state index is 0.311. The van der Waals surface area contributed by atoms with E-state index in [0.29, 0.717) is 13.0 Å². The lowest BCUT2D eigenvalue weighted by atomic mass is 10.2. The van der Waals surface area contributed by atoms with Gasteiger partial charge in [0, 0.05) is 6.54 Å². The number of rotatable bonds is 3. The standard InChI is InChI=1S/C14H24N2O5/c1-9(15-13(19)21-14(2,3)4)11(17)16-8-6-7-10(16)12(18)20-5/h9-10H,6-8H2,1-5H3,(H,15,19)/t9-,10+/m1/s1. The number of ether oxygens (including phenoxy) is 2. The molecule has 0 aromatic carbocycles. The second-order valence-electron chi connectivity index (χ2n) is 6.08. The predicted molar refractivity (Wildman–Crippen MR) is 75.6 cm³/mol. The van der Waals surface area contributed by atoms with E-state index in [0.717, 1.165) is 6.42 Å². The topological polar surface area (TPSA) is 84.9 Å². The lowest BCUT2D eigenvalue weighted by Gasteiger charge is -2.27. The highest BCUT2D eigenvalue weighted by Crippen LogP contribution is 2.19. The van der Waals surface area contributed by atoms with E-state index in [4.69, 9.17) is 9.47 Å². The van der Waals surface area contributed by atoms with Crippen molar-refractivity contribution in [1.82, 2.24) is 10.2 Å². The summed E-state index contributed by atoms with van der Waals surface area (Å²) in [5.74, 6) is -0.737. The summed E-state index contributed by atoms with van der Waals surface area (Å²) in [6.45, 7) is 7.28. The monoisotopic (exact) mass is 300 g/mol. The largest absolute Gasteiger partial charge is 0.467 e. The Balaban J connectivity index is 2.61. The van der Waals surface area contributed by atoms with Crippen molar-refractivity contribution in [2.24, 2.45) is 0 Å². The highest BCUT2D eigenvalue weighted by molar-refractivity contribution is 5.89. The molecule has 2 amide bonds. The number of nitrogens with one attached hydrogen (secondary N) is 1. The van der Waals surface area contributed by atoms with Crippen LogP contribution in [0.15, 0.2) is 0 Å². The van der Waals surface area contributed by atoms with Crippen molar-refractivity contribution in [1.29, 1.82) is 0 Å². The van der Waals surface area contributed by atoms with Crippen molar-refractivity contribution in [2.75, 3.05) is 13.7 Å². The molecule has 1 aliphatic rings. The Labute approximate surface area is 124 Å². The van der Waals surface area contributed by atoms with E-state index in [1.807, 2.05) is 0 Å². The summed E-state index contributed by atoms with van der Waals surface area (Å²) >= 11 is 0. The summed E-state index contributed by atoms with van der Waals surface area (Å²) in [6.07, 6.45) is 0.666.